The summed E-state index contributed by atoms with van der Waals surface area (Å²) in [6.45, 7) is 0.615. The largest absolute Gasteiger partial charge is 0.481 e. The first kappa shape index (κ1) is 20.6. The van der Waals surface area contributed by atoms with Crippen LogP contribution in [-0.2, 0) is 9.59 Å². The summed E-state index contributed by atoms with van der Waals surface area (Å²) in [4.78, 5) is 33.4. The molecule has 2 aliphatic rings. The highest BCUT2D eigenvalue weighted by atomic mass is 33.1. The first-order chi connectivity index (χ1) is 12.1. The quantitative estimate of drug-likeness (QED) is 0.221. The molecule has 0 radical (unpaired) electrons. The smallest absolute Gasteiger partial charge is 0.315 e. The number of urea groups is 1. The normalized spacial score (nSPS) is 24.5. The number of thioether (sulfide) groups is 1. The number of nitrogens with one attached hydrogen (secondary N) is 3. The summed E-state index contributed by atoms with van der Waals surface area (Å²) in [5.41, 5.74) is 0. The highest BCUT2D eigenvalue weighted by Crippen LogP contribution is 2.33. The Kier molecular flexibility index (Phi) is 9.11. The molecule has 10 heteroatoms. The molecule has 142 valence electrons. The number of aliphatic carboxylic acids is 1. The van der Waals surface area contributed by atoms with E-state index < -0.39 is 5.97 Å². The van der Waals surface area contributed by atoms with E-state index in [0.29, 0.717) is 24.0 Å². The molecule has 3 atom stereocenters. The third kappa shape index (κ3) is 7.57. The number of rotatable bonds is 12. The van der Waals surface area contributed by atoms with Gasteiger partial charge in [0, 0.05) is 35.5 Å². The molecule has 0 bridgehead atoms. The molecule has 2 saturated heterocycles. The topological polar surface area (TPSA) is 108 Å². The summed E-state index contributed by atoms with van der Waals surface area (Å²) in [5.74, 6) is 1.63. The van der Waals surface area contributed by atoms with Gasteiger partial charge in [0.25, 0.3) is 0 Å². The Hall–Kier alpha value is -0.740. The minimum atomic E-state index is -0.778. The van der Waals surface area contributed by atoms with E-state index in [9.17, 15) is 14.4 Å². The van der Waals surface area contributed by atoms with E-state index in [2.05, 4.69) is 16.0 Å². The maximum Gasteiger partial charge on any atom is 0.315 e. The van der Waals surface area contributed by atoms with E-state index in [0.717, 1.165) is 30.8 Å². The van der Waals surface area contributed by atoms with Crippen LogP contribution < -0.4 is 16.0 Å². The lowest BCUT2D eigenvalue weighted by atomic mass is 10.0. The van der Waals surface area contributed by atoms with E-state index in [-0.39, 0.29) is 30.4 Å². The van der Waals surface area contributed by atoms with Gasteiger partial charge in [0.2, 0.25) is 5.91 Å². The van der Waals surface area contributed by atoms with Crippen LogP contribution in [0.15, 0.2) is 0 Å². The lowest BCUT2D eigenvalue weighted by molar-refractivity contribution is -0.136. The fourth-order valence-corrected chi connectivity index (χ4v) is 6.27. The number of carbonyl (C=O) groups is 3. The van der Waals surface area contributed by atoms with Gasteiger partial charge in [-0.25, -0.2) is 4.79 Å². The van der Waals surface area contributed by atoms with Gasteiger partial charge in [-0.2, -0.15) is 11.8 Å². The van der Waals surface area contributed by atoms with Crippen LogP contribution in [0.4, 0.5) is 4.79 Å². The number of carboxylic acid groups (broad SMARTS) is 1. The Balaban J connectivity index is 1.42. The number of amides is 3. The van der Waals surface area contributed by atoms with Crippen LogP contribution in [0.25, 0.3) is 0 Å². The summed E-state index contributed by atoms with van der Waals surface area (Å²) in [6, 6.07) is 0.442. The van der Waals surface area contributed by atoms with Crippen LogP contribution in [0, 0.1) is 0 Å². The van der Waals surface area contributed by atoms with Crippen molar-refractivity contribution in [3.8, 4) is 0 Å². The van der Waals surface area contributed by atoms with E-state index in [1.807, 2.05) is 11.8 Å². The van der Waals surface area contributed by atoms with Crippen LogP contribution in [-0.4, -0.2) is 64.2 Å². The molecule has 0 saturated carbocycles. The Morgan fingerprint density at radius 2 is 2.00 bits per heavy atom. The van der Waals surface area contributed by atoms with Gasteiger partial charge in [-0.3, -0.25) is 9.59 Å². The minimum absolute atomic E-state index is 0.0568. The van der Waals surface area contributed by atoms with Crippen molar-refractivity contribution in [1.29, 1.82) is 0 Å². The van der Waals surface area contributed by atoms with Crippen molar-refractivity contribution < 1.29 is 19.5 Å². The van der Waals surface area contributed by atoms with Crippen molar-refractivity contribution in [2.45, 2.75) is 49.4 Å². The van der Waals surface area contributed by atoms with E-state index >= 15 is 0 Å². The Bertz CT molecular complexity index is 481. The molecule has 2 fully saturated rings. The molecule has 4 N–H and O–H groups in total. The Morgan fingerprint density at radius 3 is 2.80 bits per heavy atom. The summed E-state index contributed by atoms with van der Waals surface area (Å²) < 4.78 is 0. The Morgan fingerprint density at radius 1 is 1.20 bits per heavy atom. The van der Waals surface area contributed by atoms with Crippen LogP contribution in [0.2, 0.25) is 0 Å². The molecule has 0 aliphatic carbocycles. The predicted octanol–water partition coefficient (Wildman–Crippen LogP) is 1.68. The van der Waals surface area contributed by atoms with Crippen molar-refractivity contribution in [2.24, 2.45) is 0 Å². The number of carbonyl (C=O) groups excluding carboxylic acids is 2. The first-order valence-corrected chi connectivity index (χ1v) is 12.0. The van der Waals surface area contributed by atoms with Gasteiger partial charge < -0.3 is 21.1 Å². The molecule has 2 heterocycles. The second-order valence-electron chi connectivity index (χ2n) is 6.01. The van der Waals surface area contributed by atoms with Gasteiger partial charge >= 0.3 is 12.0 Å². The molecule has 0 aromatic heterocycles. The molecule has 0 aromatic carbocycles. The van der Waals surface area contributed by atoms with Crippen LogP contribution >= 0.6 is 33.3 Å². The zero-order valence-corrected chi connectivity index (χ0v) is 16.4. The summed E-state index contributed by atoms with van der Waals surface area (Å²) in [5, 5.41) is 17.8. The number of hydrogen-bond acceptors (Lipinski definition) is 6. The maximum atomic E-state index is 11.8. The third-order valence-corrected chi connectivity index (χ3v) is 7.99. The molecule has 7 nitrogen and oxygen atoms in total. The summed E-state index contributed by atoms with van der Waals surface area (Å²) >= 11 is 1.90. The second kappa shape index (κ2) is 11.1. The van der Waals surface area contributed by atoms with Gasteiger partial charge in [-0.05, 0) is 12.8 Å². The molecule has 0 aromatic rings. The molecule has 2 unspecified atom stereocenters. The summed E-state index contributed by atoms with van der Waals surface area (Å²) in [6.07, 6.45) is 3.58. The van der Waals surface area contributed by atoms with Crippen molar-refractivity contribution in [1.82, 2.24) is 16.0 Å². The number of unbranched alkanes of at least 4 members (excludes halogenated alkanes) is 1. The van der Waals surface area contributed by atoms with Gasteiger partial charge in [-0.1, -0.05) is 28.0 Å². The molecule has 0 spiro atoms. The van der Waals surface area contributed by atoms with Crippen molar-refractivity contribution in [2.75, 3.05) is 23.8 Å². The zero-order chi connectivity index (χ0) is 18.1. The molecular weight excluding hydrogens is 382 g/mol. The van der Waals surface area contributed by atoms with Gasteiger partial charge in [-0.15, -0.1) is 0 Å². The first-order valence-electron chi connectivity index (χ1n) is 8.48. The molecule has 2 aliphatic heterocycles. The second-order valence-corrected chi connectivity index (χ2v) is 9.98. The predicted molar refractivity (Wildman–Crippen MR) is 104 cm³/mol. The standard InChI is InChI=1S/C15H25N3O4S3/c19-12(16-6-8-25-24-7-5-13(20)21)4-2-1-3-11-14-10(9-23-11)17-15(22)18-14/h10-11,14H,1-9H2,(H,16,19)(H,20,21)(H2,17,18,22)/t10?,11-,14?/m0/s1. The Labute approximate surface area is 160 Å². The average molecular weight is 408 g/mol. The van der Waals surface area contributed by atoms with Crippen LogP contribution in [0.1, 0.15) is 32.1 Å². The van der Waals surface area contributed by atoms with E-state index in [1.54, 1.807) is 10.8 Å². The highest BCUT2D eigenvalue weighted by molar-refractivity contribution is 8.76. The summed E-state index contributed by atoms with van der Waals surface area (Å²) in [7, 11) is 3.11. The molecule has 2 rings (SSSR count). The minimum Gasteiger partial charge on any atom is -0.481 e. The van der Waals surface area contributed by atoms with Crippen molar-refractivity contribution in [3.05, 3.63) is 0 Å². The maximum absolute atomic E-state index is 11.8. The lowest BCUT2D eigenvalue weighted by Crippen LogP contribution is -2.36. The van der Waals surface area contributed by atoms with Gasteiger partial charge in [0.1, 0.15) is 0 Å². The molecule has 25 heavy (non-hydrogen) atoms. The average Bonchev–Trinajstić information content (AvgIpc) is 3.10. The number of hydrogen-bond donors (Lipinski definition) is 4. The monoisotopic (exact) mass is 407 g/mol. The van der Waals surface area contributed by atoms with Crippen LogP contribution in [0.5, 0.6) is 0 Å². The fourth-order valence-electron chi connectivity index (χ4n) is 2.84. The van der Waals surface area contributed by atoms with E-state index in [4.69, 9.17) is 5.11 Å². The van der Waals surface area contributed by atoms with Gasteiger partial charge in [0.15, 0.2) is 0 Å². The fraction of sp³-hybridized carbons (Fsp3) is 0.800. The zero-order valence-electron chi connectivity index (χ0n) is 14.0. The van der Waals surface area contributed by atoms with Crippen LogP contribution in [0.3, 0.4) is 0 Å². The third-order valence-electron chi connectivity index (χ3n) is 4.07. The van der Waals surface area contributed by atoms with E-state index in [1.165, 1.54) is 10.8 Å². The number of fused-ring (bicyclic) bond motifs is 1. The number of carboxylic acids is 1. The molecule has 3 amide bonds. The van der Waals surface area contributed by atoms with Gasteiger partial charge in [0.05, 0.1) is 18.5 Å². The molecular formula is C15H25N3O4S3. The van der Waals surface area contributed by atoms with Crippen molar-refractivity contribution >= 4 is 51.3 Å². The SMILES string of the molecule is O=C(O)CCSSCCNC(=O)CCCC[C@@H]1SCC2NC(=O)NC21. The highest BCUT2D eigenvalue weighted by Gasteiger charge is 2.42. The lowest BCUT2D eigenvalue weighted by Gasteiger charge is -2.16. The van der Waals surface area contributed by atoms with Crippen molar-refractivity contribution in [3.63, 3.8) is 0 Å².